The highest BCUT2D eigenvalue weighted by atomic mass is 16.5. The van der Waals surface area contributed by atoms with Gasteiger partial charge in [0.2, 0.25) is 0 Å². The molecule has 0 fully saturated rings. The van der Waals surface area contributed by atoms with Gasteiger partial charge in [-0.1, -0.05) is 35.9 Å². The van der Waals surface area contributed by atoms with E-state index in [0.29, 0.717) is 25.1 Å². The molecule has 28 heavy (non-hydrogen) atoms. The van der Waals surface area contributed by atoms with E-state index in [4.69, 9.17) is 4.74 Å². The van der Waals surface area contributed by atoms with Crippen molar-refractivity contribution in [2.24, 2.45) is 0 Å². The number of benzene rings is 2. The number of amides is 1. The number of anilines is 1. The molecule has 0 bridgehead atoms. The fraction of sp³-hybridized carbons (Fsp3) is 0.391. The first-order valence-electron chi connectivity index (χ1n) is 9.58. The zero-order chi connectivity index (χ0) is 20.5. The first-order valence-corrected chi connectivity index (χ1v) is 9.58. The summed E-state index contributed by atoms with van der Waals surface area (Å²) in [5.41, 5.74) is 2.40. The summed E-state index contributed by atoms with van der Waals surface area (Å²) in [7, 11) is 0. The second-order valence-corrected chi connectivity index (χ2v) is 7.64. The Bertz CT molecular complexity index is 921. The number of hydrogen-bond donors (Lipinski definition) is 1. The molecule has 0 unspecified atom stereocenters. The Morgan fingerprint density at radius 2 is 1.86 bits per heavy atom. The lowest BCUT2D eigenvalue weighted by Crippen LogP contribution is -2.42. The first-order chi connectivity index (χ1) is 13.2. The number of carbonyl (C=O) groups excluding carboxylic acids is 2. The third-order valence-corrected chi connectivity index (χ3v) is 5.14. The third kappa shape index (κ3) is 3.67. The van der Waals surface area contributed by atoms with E-state index in [-0.39, 0.29) is 12.2 Å². The predicted molar refractivity (Wildman–Crippen MR) is 109 cm³/mol. The molecule has 148 valence electrons. The van der Waals surface area contributed by atoms with Crippen LogP contribution in [0.5, 0.6) is 5.75 Å². The Kier molecular flexibility index (Phi) is 5.57. The third-order valence-electron chi connectivity index (χ3n) is 5.14. The molecule has 0 radical (unpaired) electrons. The van der Waals surface area contributed by atoms with E-state index < -0.39 is 11.5 Å². The Labute approximate surface area is 165 Å². The Balaban J connectivity index is 1.79. The molecule has 0 aromatic heterocycles. The topological polar surface area (TPSA) is 66.8 Å². The minimum atomic E-state index is -1.78. The maximum Gasteiger partial charge on any atom is 0.264 e. The fourth-order valence-electron chi connectivity index (χ4n) is 3.94. The van der Waals surface area contributed by atoms with E-state index in [1.54, 1.807) is 4.90 Å². The van der Waals surface area contributed by atoms with Crippen molar-refractivity contribution in [1.29, 1.82) is 0 Å². The van der Waals surface area contributed by atoms with Crippen LogP contribution in [-0.2, 0) is 15.2 Å². The largest absolute Gasteiger partial charge is 0.493 e. The van der Waals surface area contributed by atoms with Crippen molar-refractivity contribution in [3.8, 4) is 5.75 Å². The number of carbonyl (C=O) groups is 2. The summed E-state index contributed by atoms with van der Waals surface area (Å²) < 4.78 is 5.83. The Hall–Kier alpha value is -2.66. The van der Waals surface area contributed by atoms with Crippen LogP contribution in [0.3, 0.4) is 0 Å². The molecule has 0 aliphatic carbocycles. The van der Waals surface area contributed by atoms with Gasteiger partial charge in [0.05, 0.1) is 12.3 Å². The lowest BCUT2D eigenvalue weighted by Gasteiger charge is -2.22. The molecule has 1 N–H and O–H groups in total. The minimum absolute atomic E-state index is 0.210. The van der Waals surface area contributed by atoms with Crippen LogP contribution in [0.2, 0.25) is 0 Å². The van der Waals surface area contributed by atoms with E-state index in [1.165, 1.54) is 6.92 Å². The number of nitrogens with zero attached hydrogens (tertiary/aromatic N) is 1. The Morgan fingerprint density at radius 1 is 1.14 bits per heavy atom. The SMILES string of the molecule is CC(=O)C[C@]1(O)C(=O)N(CCCOc2ccccc2C)c2c(C)cc(C)cc21. The van der Waals surface area contributed by atoms with Crippen LogP contribution >= 0.6 is 0 Å². The van der Waals surface area contributed by atoms with E-state index in [1.807, 2.05) is 57.2 Å². The number of aryl methyl sites for hydroxylation is 3. The van der Waals surface area contributed by atoms with E-state index >= 15 is 0 Å². The molecule has 1 aliphatic rings. The van der Waals surface area contributed by atoms with Gasteiger partial charge in [-0.05, 0) is 51.3 Å². The van der Waals surface area contributed by atoms with E-state index in [0.717, 1.165) is 28.1 Å². The number of ketones is 1. The molecular weight excluding hydrogens is 354 g/mol. The highest BCUT2D eigenvalue weighted by Crippen LogP contribution is 2.45. The fourth-order valence-corrected chi connectivity index (χ4v) is 3.94. The zero-order valence-electron chi connectivity index (χ0n) is 16.9. The number of Topliss-reactive ketones (excluding diaryl/α,β-unsaturated/α-hetero) is 1. The van der Waals surface area contributed by atoms with Gasteiger partial charge >= 0.3 is 0 Å². The quantitative estimate of drug-likeness (QED) is 0.744. The average Bonchev–Trinajstić information content (AvgIpc) is 2.81. The van der Waals surface area contributed by atoms with Crippen LogP contribution in [-0.4, -0.2) is 29.9 Å². The molecule has 2 aromatic carbocycles. The normalized spacial score (nSPS) is 18.3. The highest BCUT2D eigenvalue weighted by Gasteiger charge is 2.50. The summed E-state index contributed by atoms with van der Waals surface area (Å²) in [4.78, 5) is 26.4. The molecule has 1 heterocycles. The number of fused-ring (bicyclic) bond motifs is 1. The van der Waals surface area contributed by atoms with Crippen molar-refractivity contribution >= 4 is 17.4 Å². The Morgan fingerprint density at radius 3 is 2.54 bits per heavy atom. The van der Waals surface area contributed by atoms with Crippen molar-refractivity contribution < 1.29 is 19.4 Å². The van der Waals surface area contributed by atoms with Crippen LogP contribution < -0.4 is 9.64 Å². The van der Waals surface area contributed by atoms with Crippen LogP contribution in [0, 0.1) is 20.8 Å². The smallest absolute Gasteiger partial charge is 0.264 e. The van der Waals surface area contributed by atoms with Crippen molar-refractivity contribution in [2.75, 3.05) is 18.1 Å². The van der Waals surface area contributed by atoms with Gasteiger partial charge in [-0.3, -0.25) is 9.59 Å². The minimum Gasteiger partial charge on any atom is -0.493 e. The van der Waals surface area contributed by atoms with Gasteiger partial charge < -0.3 is 14.7 Å². The van der Waals surface area contributed by atoms with Crippen LogP contribution in [0.25, 0.3) is 0 Å². The van der Waals surface area contributed by atoms with Gasteiger partial charge in [0.1, 0.15) is 11.5 Å². The molecule has 1 atom stereocenters. The molecule has 0 saturated carbocycles. The van der Waals surface area contributed by atoms with Crippen molar-refractivity contribution in [3.63, 3.8) is 0 Å². The second kappa shape index (κ2) is 7.76. The molecule has 1 amide bonds. The van der Waals surface area contributed by atoms with Gasteiger partial charge in [-0.2, -0.15) is 0 Å². The van der Waals surface area contributed by atoms with Crippen LogP contribution in [0.1, 0.15) is 42.0 Å². The standard InChI is InChI=1S/C23H27NO4/c1-15-12-17(3)21-19(13-15)23(27,14-18(4)25)22(26)24(21)10-7-11-28-20-9-6-5-8-16(20)2/h5-6,8-9,12-13,27H,7,10-11,14H2,1-4H3/t23-/m1/s1. The lowest BCUT2D eigenvalue weighted by molar-refractivity contribution is -0.141. The highest BCUT2D eigenvalue weighted by molar-refractivity contribution is 6.09. The summed E-state index contributed by atoms with van der Waals surface area (Å²) in [6.45, 7) is 8.11. The lowest BCUT2D eigenvalue weighted by atomic mass is 9.88. The van der Waals surface area contributed by atoms with Gasteiger partial charge in [0, 0.05) is 18.5 Å². The monoisotopic (exact) mass is 381 g/mol. The molecule has 0 saturated heterocycles. The molecule has 3 rings (SSSR count). The molecule has 5 nitrogen and oxygen atoms in total. The van der Waals surface area contributed by atoms with E-state index in [2.05, 4.69) is 0 Å². The summed E-state index contributed by atoms with van der Waals surface area (Å²) in [6, 6.07) is 11.6. The van der Waals surface area contributed by atoms with Gasteiger partial charge in [0.15, 0.2) is 5.60 Å². The number of para-hydroxylation sites is 1. The predicted octanol–water partition coefficient (Wildman–Crippen LogP) is 3.59. The van der Waals surface area contributed by atoms with Gasteiger partial charge in [-0.25, -0.2) is 0 Å². The molecular formula is C23H27NO4. The zero-order valence-corrected chi connectivity index (χ0v) is 16.9. The summed E-state index contributed by atoms with van der Waals surface area (Å²) in [5.74, 6) is 0.184. The maximum atomic E-state index is 13.1. The van der Waals surface area contributed by atoms with Crippen molar-refractivity contribution in [3.05, 3.63) is 58.7 Å². The average molecular weight is 381 g/mol. The second-order valence-electron chi connectivity index (χ2n) is 7.64. The summed E-state index contributed by atoms with van der Waals surface area (Å²) >= 11 is 0. The maximum absolute atomic E-state index is 13.1. The van der Waals surface area contributed by atoms with Crippen molar-refractivity contribution in [1.82, 2.24) is 0 Å². The van der Waals surface area contributed by atoms with Gasteiger partial charge in [0.25, 0.3) is 5.91 Å². The van der Waals surface area contributed by atoms with Crippen molar-refractivity contribution in [2.45, 2.75) is 46.1 Å². The number of rotatable bonds is 7. The molecule has 1 aliphatic heterocycles. The number of aliphatic hydroxyl groups is 1. The number of hydrogen-bond acceptors (Lipinski definition) is 4. The molecule has 5 heteroatoms. The van der Waals surface area contributed by atoms with Crippen LogP contribution in [0.4, 0.5) is 5.69 Å². The van der Waals surface area contributed by atoms with Crippen LogP contribution in [0.15, 0.2) is 36.4 Å². The first kappa shape index (κ1) is 20.1. The van der Waals surface area contributed by atoms with E-state index in [9.17, 15) is 14.7 Å². The molecule has 0 spiro atoms. The number of ether oxygens (including phenoxy) is 1. The molecule has 2 aromatic rings. The van der Waals surface area contributed by atoms with Gasteiger partial charge in [-0.15, -0.1) is 0 Å². The summed E-state index contributed by atoms with van der Waals surface area (Å²) in [6.07, 6.45) is 0.404. The summed E-state index contributed by atoms with van der Waals surface area (Å²) in [5, 5.41) is 11.1.